The number of hydrogen-bond acceptors (Lipinski definition) is 2. The summed E-state index contributed by atoms with van der Waals surface area (Å²) in [6.07, 6.45) is 3.38. The number of rotatable bonds is 6. The van der Waals surface area contributed by atoms with Crippen LogP contribution in [0.25, 0.3) is 0 Å². The molecular weight excluding hydrogens is 362 g/mol. The molecule has 0 aliphatic carbocycles. The molecule has 1 aromatic rings. The predicted octanol–water partition coefficient (Wildman–Crippen LogP) is 4.92. The summed E-state index contributed by atoms with van der Waals surface area (Å²) in [6.45, 7) is 2.28. The third-order valence-electron chi connectivity index (χ3n) is 2.99. The average molecular weight is 381 g/mol. The maximum atomic E-state index is 3.62. The summed E-state index contributed by atoms with van der Waals surface area (Å²) >= 11 is 9.01. The lowest BCUT2D eigenvalue weighted by Crippen LogP contribution is -2.29. The zero-order valence-corrected chi connectivity index (χ0v) is 14.5. The molecule has 0 aromatic heterocycles. The molecule has 1 atom stereocenters. The number of benzene rings is 1. The fourth-order valence-electron chi connectivity index (χ4n) is 1.60. The van der Waals surface area contributed by atoms with Gasteiger partial charge in [-0.15, -0.1) is 0 Å². The Kier molecular flexibility index (Phi) is 6.97. The molecule has 17 heavy (non-hydrogen) atoms. The maximum Gasteiger partial charge on any atom is 0.0377 e. The van der Waals surface area contributed by atoms with Gasteiger partial charge in [-0.3, -0.25) is 0 Å². The van der Waals surface area contributed by atoms with Crippen molar-refractivity contribution in [1.29, 1.82) is 0 Å². The highest BCUT2D eigenvalue weighted by atomic mass is 79.9. The van der Waals surface area contributed by atoms with Crippen LogP contribution in [0.15, 0.2) is 22.7 Å². The quantitative estimate of drug-likeness (QED) is 0.644. The van der Waals surface area contributed by atoms with Gasteiger partial charge < -0.3 is 4.90 Å². The third-order valence-corrected chi connectivity index (χ3v) is 4.98. The van der Waals surface area contributed by atoms with E-state index < -0.39 is 0 Å². The molecule has 1 nitrogen and oxygen atoms in total. The van der Waals surface area contributed by atoms with Crippen molar-refractivity contribution in [2.24, 2.45) is 0 Å². The molecule has 0 aliphatic heterocycles. The number of thioether (sulfide) groups is 1. The van der Waals surface area contributed by atoms with E-state index in [9.17, 15) is 0 Å². The fraction of sp³-hybridized carbons (Fsp3) is 0.538. The normalized spacial score (nSPS) is 12.5. The first-order chi connectivity index (χ1) is 8.10. The lowest BCUT2D eigenvalue weighted by Gasteiger charge is -2.27. The number of anilines is 1. The van der Waals surface area contributed by atoms with E-state index in [-0.39, 0.29) is 0 Å². The summed E-state index contributed by atoms with van der Waals surface area (Å²) in [5.74, 6) is 1.21. The smallest absolute Gasteiger partial charge is 0.0377 e. The first-order valence-electron chi connectivity index (χ1n) is 5.66. The lowest BCUT2D eigenvalue weighted by atomic mass is 10.1. The van der Waals surface area contributed by atoms with Gasteiger partial charge in [0.05, 0.1) is 0 Å². The molecule has 0 fully saturated rings. The van der Waals surface area contributed by atoms with Crippen LogP contribution in [0.3, 0.4) is 0 Å². The van der Waals surface area contributed by atoms with Crippen LogP contribution in [0.5, 0.6) is 0 Å². The van der Waals surface area contributed by atoms with Crippen LogP contribution in [0.4, 0.5) is 5.69 Å². The Morgan fingerprint density at radius 2 is 2.12 bits per heavy atom. The van der Waals surface area contributed by atoms with Crippen molar-refractivity contribution in [3.05, 3.63) is 28.2 Å². The Labute approximate surface area is 126 Å². The van der Waals surface area contributed by atoms with E-state index in [0.29, 0.717) is 6.04 Å². The molecule has 1 aromatic carbocycles. The summed E-state index contributed by atoms with van der Waals surface area (Å²) in [6, 6.07) is 7.14. The van der Waals surface area contributed by atoms with Gasteiger partial charge in [0, 0.05) is 28.6 Å². The van der Waals surface area contributed by atoms with Crippen LogP contribution in [0.2, 0.25) is 0 Å². The minimum absolute atomic E-state index is 0.573. The molecule has 96 valence electrons. The van der Waals surface area contributed by atoms with E-state index in [1.165, 1.54) is 27.9 Å². The minimum atomic E-state index is 0.573. The topological polar surface area (TPSA) is 3.24 Å². The zero-order valence-electron chi connectivity index (χ0n) is 10.5. The van der Waals surface area contributed by atoms with E-state index in [2.05, 4.69) is 75.2 Å². The molecule has 1 unspecified atom stereocenters. The highest BCUT2D eigenvalue weighted by Crippen LogP contribution is 2.26. The van der Waals surface area contributed by atoms with Crippen LogP contribution in [-0.2, 0) is 5.33 Å². The van der Waals surface area contributed by atoms with Crippen LogP contribution >= 0.6 is 43.6 Å². The Hall–Kier alpha value is 0.330. The minimum Gasteiger partial charge on any atom is -0.372 e. The van der Waals surface area contributed by atoms with Crippen molar-refractivity contribution in [2.75, 3.05) is 24.0 Å². The molecule has 4 heteroatoms. The predicted molar refractivity (Wildman–Crippen MR) is 87.6 cm³/mol. The SMILES string of the molecule is CSCCC(C)N(C)c1ccc(CBr)c(Br)c1. The van der Waals surface area contributed by atoms with Gasteiger partial charge in [-0.1, -0.05) is 37.9 Å². The monoisotopic (exact) mass is 379 g/mol. The second-order valence-corrected chi connectivity index (χ2v) is 6.55. The second-order valence-electron chi connectivity index (χ2n) is 4.15. The van der Waals surface area contributed by atoms with Crippen molar-refractivity contribution in [3.63, 3.8) is 0 Å². The van der Waals surface area contributed by atoms with Crippen LogP contribution in [0.1, 0.15) is 18.9 Å². The molecule has 0 radical (unpaired) electrons. The Balaban J connectivity index is 2.74. The number of halogens is 2. The number of hydrogen-bond donors (Lipinski definition) is 0. The summed E-state index contributed by atoms with van der Waals surface area (Å²) in [4.78, 5) is 2.35. The summed E-state index contributed by atoms with van der Waals surface area (Å²) in [5, 5.41) is 0.888. The van der Waals surface area contributed by atoms with Gasteiger partial charge in [-0.05, 0) is 43.0 Å². The summed E-state index contributed by atoms with van der Waals surface area (Å²) in [7, 11) is 2.17. The first-order valence-corrected chi connectivity index (χ1v) is 8.97. The number of nitrogens with zero attached hydrogens (tertiary/aromatic N) is 1. The van der Waals surface area contributed by atoms with Gasteiger partial charge in [0.15, 0.2) is 0 Å². The van der Waals surface area contributed by atoms with Crippen molar-refractivity contribution < 1.29 is 0 Å². The third kappa shape index (κ3) is 4.49. The first kappa shape index (κ1) is 15.4. The van der Waals surface area contributed by atoms with Crippen LogP contribution in [0, 0.1) is 0 Å². The van der Waals surface area contributed by atoms with E-state index in [0.717, 1.165) is 5.33 Å². The Morgan fingerprint density at radius 3 is 2.65 bits per heavy atom. The van der Waals surface area contributed by atoms with Gasteiger partial charge in [-0.2, -0.15) is 11.8 Å². The van der Waals surface area contributed by atoms with Crippen molar-refractivity contribution in [2.45, 2.75) is 24.7 Å². The fourth-order valence-corrected chi connectivity index (χ4v) is 3.55. The van der Waals surface area contributed by atoms with Crippen molar-refractivity contribution >= 4 is 49.3 Å². The molecule has 0 bridgehead atoms. The van der Waals surface area contributed by atoms with Gasteiger partial charge in [-0.25, -0.2) is 0 Å². The molecular formula is C13H19Br2NS. The largest absolute Gasteiger partial charge is 0.372 e. The Morgan fingerprint density at radius 1 is 1.41 bits per heavy atom. The van der Waals surface area contributed by atoms with Gasteiger partial charge in [0.2, 0.25) is 0 Å². The molecule has 0 spiro atoms. The maximum absolute atomic E-state index is 3.62. The number of alkyl halides is 1. The molecule has 0 aliphatic rings. The molecule has 0 N–H and O–H groups in total. The van der Waals surface area contributed by atoms with Crippen LogP contribution < -0.4 is 4.90 Å². The van der Waals surface area contributed by atoms with Crippen molar-refractivity contribution in [1.82, 2.24) is 0 Å². The molecule has 1 rings (SSSR count). The van der Waals surface area contributed by atoms with E-state index >= 15 is 0 Å². The molecule has 0 saturated carbocycles. The summed E-state index contributed by atoms with van der Waals surface area (Å²) < 4.78 is 1.18. The van der Waals surface area contributed by atoms with Gasteiger partial charge in [0.25, 0.3) is 0 Å². The highest BCUT2D eigenvalue weighted by Gasteiger charge is 2.10. The standard InChI is InChI=1S/C13H19Br2NS/c1-10(6-7-17-3)16(2)12-5-4-11(9-14)13(15)8-12/h4-5,8,10H,6-7,9H2,1-3H3. The van der Waals surface area contributed by atoms with E-state index in [4.69, 9.17) is 0 Å². The average Bonchev–Trinajstić information content (AvgIpc) is 2.34. The second kappa shape index (κ2) is 7.70. The molecule has 0 saturated heterocycles. The molecule has 0 amide bonds. The van der Waals surface area contributed by atoms with E-state index in [1.54, 1.807) is 0 Å². The zero-order chi connectivity index (χ0) is 12.8. The van der Waals surface area contributed by atoms with Crippen molar-refractivity contribution in [3.8, 4) is 0 Å². The van der Waals surface area contributed by atoms with Gasteiger partial charge in [0.1, 0.15) is 0 Å². The lowest BCUT2D eigenvalue weighted by molar-refractivity contribution is 0.669. The molecule has 0 heterocycles. The van der Waals surface area contributed by atoms with Gasteiger partial charge >= 0.3 is 0 Å². The Bertz CT molecular complexity index is 357. The van der Waals surface area contributed by atoms with E-state index in [1.807, 2.05) is 11.8 Å². The summed E-state index contributed by atoms with van der Waals surface area (Å²) in [5.41, 5.74) is 2.56. The highest BCUT2D eigenvalue weighted by molar-refractivity contribution is 9.10. The van der Waals surface area contributed by atoms with Crippen LogP contribution in [-0.4, -0.2) is 25.1 Å².